The molecule has 162 valence electrons. The summed E-state index contributed by atoms with van der Waals surface area (Å²) < 4.78 is 88.1. The van der Waals surface area contributed by atoms with Gasteiger partial charge >= 0.3 is 18.9 Å². The van der Waals surface area contributed by atoms with Gasteiger partial charge in [-0.3, -0.25) is 4.90 Å². The van der Waals surface area contributed by atoms with Gasteiger partial charge in [0.1, 0.15) is 5.82 Å². The Hall–Kier alpha value is -2.98. The smallest absolute Gasteiger partial charge is 0.418 e. The topological polar surface area (TPSA) is 51.7 Å². The number of amides is 1. The maximum Gasteiger partial charge on any atom is 0.418 e. The van der Waals surface area contributed by atoms with Gasteiger partial charge in [-0.1, -0.05) is 12.1 Å². The first-order chi connectivity index (χ1) is 14.1. The molecule has 1 aliphatic carbocycles. The molecular formula is C19H16F6N2O3. The molecule has 5 nitrogen and oxygen atoms in total. The zero-order valence-corrected chi connectivity index (χ0v) is 15.5. The Labute approximate surface area is 167 Å². The number of hydrogen-bond acceptors (Lipinski definition) is 4. The maximum atomic E-state index is 14.2. The highest BCUT2D eigenvalue weighted by Gasteiger charge is 2.38. The Morgan fingerprint density at radius 2 is 2.03 bits per heavy atom. The van der Waals surface area contributed by atoms with Gasteiger partial charge in [-0.25, -0.2) is 14.2 Å². The van der Waals surface area contributed by atoms with Gasteiger partial charge in [0, 0.05) is 6.20 Å². The van der Waals surface area contributed by atoms with E-state index in [4.69, 9.17) is 4.74 Å². The van der Waals surface area contributed by atoms with Crippen LogP contribution in [0.3, 0.4) is 0 Å². The Balaban J connectivity index is 2.16. The van der Waals surface area contributed by atoms with Crippen LogP contribution in [0.4, 0.5) is 37.0 Å². The molecule has 1 aromatic heterocycles. The van der Waals surface area contributed by atoms with Crippen molar-refractivity contribution >= 4 is 11.9 Å². The van der Waals surface area contributed by atoms with Gasteiger partial charge in [0.2, 0.25) is 0 Å². The van der Waals surface area contributed by atoms with E-state index in [1.165, 1.54) is 12.1 Å². The Bertz CT molecular complexity index is 935. The van der Waals surface area contributed by atoms with Gasteiger partial charge in [-0.05, 0) is 42.5 Å². The zero-order valence-electron chi connectivity index (χ0n) is 15.5. The van der Waals surface area contributed by atoms with Crippen LogP contribution in [0.2, 0.25) is 0 Å². The van der Waals surface area contributed by atoms with Gasteiger partial charge in [-0.2, -0.15) is 22.0 Å². The SMILES string of the molecule is COC(=O)N(c1ncc(C(F)(F)F)cc1OC(F)F)C1CCCc2c(F)cccc21. The average Bonchev–Trinajstić information content (AvgIpc) is 2.68. The number of benzene rings is 1. The second-order valence-electron chi connectivity index (χ2n) is 6.48. The number of rotatable bonds is 4. The number of ether oxygens (including phenoxy) is 2. The first-order valence-electron chi connectivity index (χ1n) is 8.80. The predicted molar refractivity (Wildman–Crippen MR) is 92.8 cm³/mol. The Kier molecular flexibility index (Phi) is 6.09. The normalized spacial score (nSPS) is 16.2. The summed E-state index contributed by atoms with van der Waals surface area (Å²) in [6.45, 7) is -3.47. The molecule has 0 saturated heterocycles. The van der Waals surface area contributed by atoms with Gasteiger partial charge in [0.05, 0.1) is 18.7 Å². The van der Waals surface area contributed by atoms with Gasteiger partial charge < -0.3 is 9.47 Å². The molecule has 0 bridgehead atoms. The molecule has 30 heavy (non-hydrogen) atoms. The van der Waals surface area contributed by atoms with E-state index < -0.39 is 47.9 Å². The van der Waals surface area contributed by atoms with Crippen molar-refractivity contribution in [1.29, 1.82) is 0 Å². The van der Waals surface area contributed by atoms with Gasteiger partial charge in [0.15, 0.2) is 11.6 Å². The maximum absolute atomic E-state index is 14.2. The molecule has 1 aromatic carbocycles. The lowest BCUT2D eigenvalue weighted by Crippen LogP contribution is -2.38. The number of alkyl halides is 5. The van der Waals surface area contributed by atoms with Crippen LogP contribution in [0.15, 0.2) is 30.5 Å². The molecule has 1 atom stereocenters. The summed E-state index contributed by atoms with van der Waals surface area (Å²) in [5.74, 6) is -2.04. The van der Waals surface area contributed by atoms with Crippen molar-refractivity contribution in [2.45, 2.75) is 38.1 Å². The lowest BCUT2D eigenvalue weighted by atomic mass is 9.86. The highest BCUT2D eigenvalue weighted by molar-refractivity contribution is 5.89. The fourth-order valence-corrected chi connectivity index (χ4v) is 3.46. The van der Waals surface area contributed by atoms with Crippen molar-refractivity contribution in [3.8, 4) is 5.75 Å². The number of pyridine rings is 1. The van der Waals surface area contributed by atoms with Crippen LogP contribution in [-0.4, -0.2) is 24.8 Å². The Morgan fingerprint density at radius 1 is 1.30 bits per heavy atom. The molecule has 1 aliphatic rings. The van der Waals surface area contributed by atoms with Gasteiger partial charge in [-0.15, -0.1) is 0 Å². The second kappa shape index (κ2) is 8.41. The summed E-state index contributed by atoms with van der Waals surface area (Å²) in [7, 11) is 1.02. The van der Waals surface area contributed by atoms with Crippen molar-refractivity contribution in [1.82, 2.24) is 4.98 Å². The van der Waals surface area contributed by atoms with Crippen LogP contribution >= 0.6 is 0 Å². The van der Waals surface area contributed by atoms with Crippen LogP contribution in [0.1, 0.15) is 35.6 Å². The minimum atomic E-state index is -4.87. The van der Waals surface area contributed by atoms with Gasteiger partial charge in [0.25, 0.3) is 0 Å². The predicted octanol–water partition coefficient (Wildman–Crippen LogP) is 5.49. The molecule has 1 heterocycles. The molecule has 0 radical (unpaired) electrons. The third kappa shape index (κ3) is 4.29. The number of halogens is 6. The van der Waals surface area contributed by atoms with Crippen molar-refractivity contribution in [2.24, 2.45) is 0 Å². The number of carbonyl (C=O) groups is 1. The summed E-state index contributed by atoms with van der Waals surface area (Å²) in [5.41, 5.74) is -0.621. The molecule has 1 amide bonds. The molecule has 3 rings (SSSR count). The van der Waals surface area contributed by atoms with E-state index in [1.54, 1.807) is 6.07 Å². The standard InChI is InChI=1S/C19H16F6N2O3/c1-29-18(28)27(14-7-3-4-11-12(14)5-2-6-13(11)20)16-15(30-17(21)22)8-10(9-26-16)19(23,24)25/h2,5-6,8-9,14,17H,3-4,7H2,1H3. The van der Waals surface area contributed by atoms with Crippen LogP contribution < -0.4 is 9.64 Å². The summed E-state index contributed by atoms with van der Waals surface area (Å²) >= 11 is 0. The van der Waals surface area contributed by atoms with E-state index in [1.807, 2.05) is 0 Å². The first kappa shape index (κ1) is 21.7. The lowest BCUT2D eigenvalue weighted by molar-refractivity contribution is -0.138. The highest BCUT2D eigenvalue weighted by atomic mass is 19.4. The van der Waals surface area contributed by atoms with E-state index in [-0.39, 0.29) is 6.42 Å². The molecule has 0 spiro atoms. The quantitative estimate of drug-likeness (QED) is 0.597. The van der Waals surface area contributed by atoms with Crippen molar-refractivity contribution in [2.75, 3.05) is 12.0 Å². The third-order valence-corrected chi connectivity index (χ3v) is 4.71. The number of aromatic nitrogens is 1. The number of methoxy groups -OCH3 is 1. The van der Waals surface area contributed by atoms with E-state index in [2.05, 4.69) is 9.72 Å². The van der Waals surface area contributed by atoms with Crippen LogP contribution in [-0.2, 0) is 17.3 Å². The van der Waals surface area contributed by atoms with E-state index in [9.17, 15) is 31.1 Å². The fourth-order valence-electron chi connectivity index (χ4n) is 3.46. The van der Waals surface area contributed by atoms with E-state index in [0.717, 1.165) is 12.0 Å². The summed E-state index contributed by atoms with van der Waals surface area (Å²) in [5, 5.41) is 0. The lowest BCUT2D eigenvalue weighted by Gasteiger charge is -2.35. The number of hydrogen-bond donors (Lipinski definition) is 0. The second-order valence-corrected chi connectivity index (χ2v) is 6.48. The zero-order chi connectivity index (χ0) is 22.1. The number of nitrogens with zero attached hydrogens (tertiary/aromatic N) is 2. The van der Waals surface area contributed by atoms with Crippen LogP contribution in [0.5, 0.6) is 5.75 Å². The molecule has 1 unspecified atom stereocenters. The molecule has 0 fully saturated rings. The number of anilines is 1. The summed E-state index contributed by atoms with van der Waals surface area (Å²) in [6, 6.07) is 3.64. The molecule has 0 saturated carbocycles. The van der Waals surface area contributed by atoms with E-state index in [0.29, 0.717) is 36.2 Å². The minimum absolute atomic E-state index is 0.280. The van der Waals surface area contributed by atoms with E-state index >= 15 is 0 Å². The average molecular weight is 434 g/mol. The van der Waals surface area contributed by atoms with Crippen molar-refractivity contribution < 1.29 is 40.6 Å². The molecular weight excluding hydrogens is 418 g/mol. The molecule has 11 heteroatoms. The number of carbonyl (C=O) groups excluding carboxylic acids is 1. The minimum Gasteiger partial charge on any atom is -0.452 e. The highest BCUT2D eigenvalue weighted by Crippen LogP contribution is 2.42. The Morgan fingerprint density at radius 3 is 2.67 bits per heavy atom. The van der Waals surface area contributed by atoms with Crippen LogP contribution in [0.25, 0.3) is 0 Å². The van der Waals surface area contributed by atoms with Crippen molar-refractivity contribution in [3.05, 3.63) is 53.0 Å². The van der Waals surface area contributed by atoms with Crippen molar-refractivity contribution in [3.63, 3.8) is 0 Å². The fraction of sp³-hybridized carbons (Fsp3) is 0.368. The molecule has 0 N–H and O–H groups in total. The summed E-state index contributed by atoms with van der Waals surface area (Å²) in [6.07, 6.45) is -4.43. The number of fused-ring (bicyclic) bond motifs is 1. The summed E-state index contributed by atoms with van der Waals surface area (Å²) in [4.78, 5) is 16.9. The first-order valence-corrected chi connectivity index (χ1v) is 8.80. The largest absolute Gasteiger partial charge is 0.452 e. The van der Waals surface area contributed by atoms with Crippen LogP contribution in [0, 0.1) is 5.82 Å². The monoisotopic (exact) mass is 434 g/mol. The molecule has 2 aromatic rings. The molecule has 0 aliphatic heterocycles. The third-order valence-electron chi connectivity index (χ3n) is 4.71.